The second kappa shape index (κ2) is 8.14. The maximum Gasteiger partial charge on any atom is 0.194 e. The number of aromatic nitrogens is 3. The van der Waals surface area contributed by atoms with Crippen molar-refractivity contribution in [3.8, 4) is 0 Å². The summed E-state index contributed by atoms with van der Waals surface area (Å²) in [5, 5.41) is 12.0. The number of nitrogens with zero attached hydrogens (tertiary/aromatic N) is 5. The van der Waals surface area contributed by atoms with E-state index in [-0.39, 0.29) is 0 Å². The number of aliphatic imine (C=N–C) groups is 1. The fourth-order valence-electron chi connectivity index (χ4n) is 3.14. The van der Waals surface area contributed by atoms with Gasteiger partial charge in [-0.3, -0.25) is 0 Å². The van der Waals surface area contributed by atoms with Gasteiger partial charge in [0.15, 0.2) is 11.8 Å². The zero-order valence-electron chi connectivity index (χ0n) is 15.5. The Bertz CT molecular complexity index is 716. The Morgan fingerprint density at radius 2 is 2.04 bits per heavy atom. The SMILES string of the molecule is CCNC(=NCc1nnc2n1CCCC2)N(C)Cc1ccc(C)cc1. The largest absolute Gasteiger partial charge is 0.357 e. The minimum absolute atomic E-state index is 0.563. The molecule has 2 aromatic rings. The molecule has 0 bridgehead atoms. The van der Waals surface area contributed by atoms with Crippen molar-refractivity contribution in [2.75, 3.05) is 13.6 Å². The zero-order chi connectivity index (χ0) is 17.6. The van der Waals surface area contributed by atoms with Crippen LogP contribution in [0, 0.1) is 6.92 Å². The Balaban J connectivity index is 1.70. The van der Waals surface area contributed by atoms with E-state index in [1.165, 1.54) is 24.0 Å². The van der Waals surface area contributed by atoms with Crippen LogP contribution in [0.3, 0.4) is 0 Å². The van der Waals surface area contributed by atoms with Gasteiger partial charge in [0.2, 0.25) is 0 Å². The number of aryl methyl sites for hydroxylation is 2. The van der Waals surface area contributed by atoms with Crippen LogP contribution in [-0.4, -0.2) is 39.2 Å². The number of fused-ring (bicyclic) bond motifs is 1. The number of hydrogen-bond donors (Lipinski definition) is 1. The van der Waals surface area contributed by atoms with E-state index in [2.05, 4.69) is 70.1 Å². The molecule has 2 heterocycles. The molecule has 0 radical (unpaired) electrons. The maximum absolute atomic E-state index is 4.79. The molecule has 1 aromatic heterocycles. The normalized spacial score (nSPS) is 14.3. The first-order chi connectivity index (χ1) is 12.2. The summed E-state index contributed by atoms with van der Waals surface area (Å²) in [5.74, 6) is 2.97. The van der Waals surface area contributed by atoms with Gasteiger partial charge in [-0.05, 0) is 32.3 Å². The molecule has 0 saturated carbocycles. The van der Waals surface area contributed by atoms with Gasteiger partial charge >= 0.3 is 0 Å². The van der Waals surface area contributed by atoms with Crippen molar-refractivity contribution in [3.63, 3.8) is 0 Å². The summed E-state index contributed by atoms with van der Waals surface area (Å²) in [6.45, 7) is 7.45. The van der Waals surface area contributed by atoms with Crippen molar-refractivity contribution < 1.29 is 0 Å². The molecule has 25 heavy (non-hydrogen) atoms. The van der Waals surface area contributed by atoms with Crippen LogP contribution in [0.5, 0.6) is 0 Å². The highest BCUT2D eigenvalue weighted by Gasteiger charge is 2.15. The molecular weight excluding hydrogens is 312 g/mol. The minimum Gasteiger partial charge on any atom is -0.357 e. The average Bonchev–Trinajstić information content (AvgIpc) is 3.04. The number of rotatable bonds is 5. The molecule has 0 atom stereocenters. The molecule has 0 fully saturated rings. The smallest absolute Gasteiger partial charge is 0.194 e. The van der Waals surface area contributed by atoms with Gasteiger partial charge in [0, 0.05) is 33.1 Å². The second-order valence-electron chi connectivity index (χ2n) is 6.65. The lowest BCUT2D eigenvalue weighted by Crippen LogP contribution is -2.38. The van der Waals surface area contributed by atoms with E-state index >= 15 is 0 Å². The molecule has 0 aliphatic carbocycles. The van der Waals surface area contributed by atoms with E-state index in [9.17, 15) is 0 Å². The van der Waals surface area contributed by atoms with Crippen LogP contribution in [0.4, 0.5) is 0 Å². The fraction of sp³-hybridized carbons (Fsp3) is 0.526. The van der Waals surface area contributed by atoms with E-state index in [1.807, 2.05) is 0 Å². The van der Waals surface area contributed by atoms with Crippen molar-refractivity contribution in [3.05, 3.63) is 47.0 Å². The van der Waals surface area contributed by atoms with Crippen molar-refractivity contribution in [1.82, 2.24) is 25.0 Å². The van der Waals surface area contributed by atoms with Crippen LogP contribution >= 0.6 is 0 Å². The van der Waals surface area contributed by atoms with Crippen LogP contribution in [0.1, 0.15) is 42.5 Å². The molecular formula is C19H28N6. The molecule has 6 heteroatoms. The summed E-state index contributed by atoms with van der Waals surface area (Å²) in [4.78, 5) is 6.94. The van der Waals surface area contributed by atoms with Crippen molar-refractivity contribution >= 4 is 5.96 Å². The van der Waals surface area contributed by atoms with Crippen molar-refractivity contribution in [2.24, 2.45) is 4.99 Å². The van der Waals surface area contributed by atoms with Crippen LogP contribution in [0.2, 0.25) is 0 Å². The lowest BCUT2D eigenvalue weighted by Gasteiger charge is -2.22. The van der Waals surface area contributed by atoms with E-state index in [0.717, 1.165) is 43.7 Å². The van der Waals surface area contributed by atoms with E-state index < -0.39 is 0 Å². The summed E-state index contributed by atoms with van der Waals surface area (Å²) in [6.07, 6.45) is 3.45. The molecule has 0 amide bonds. The highest BCUT2D eigenvalue weighted by molar-refractivity contribution is 5.79. The van der Waals surface area contributed by atoms with Crippen LogP contribution in [0.25, 0.3) is 0 Å². The number of nitrogens with one attached hydrogen (secondary N) is 1. The third kappa shape index (κ3) is 4.38. The molecule has 0 spiro atoms. The highest BCUT2D eigenvalue weighted by atomic mass is 15.3. The van der Waals surface area contributed by atoms with E-state index in [4.69, 9.17) is 4.99 Å². The lowest BCUT2D eigenvalue weighted by molar-refractivity contribution is 0.474. The maximum atomic E-state index is 4.79. The monoisotopic (exact) mass is 340 g/mol. The topological polar surface area (TPSA) is 58.3 Å². The second-order valence-corrected chi connectivity index (χ2v) is 6.65. The Morgan fingerprint density at radius 3 is 2.80 bits per heavy atom. The van der Waals surface area contributed by atoms with Gasteiger partial charge in [-0.15, -0.1) is 10.2 Å². The fourth-order valence-corrected chi connectivity index (χ4v) is 3.14. The van der Waals surface area contributed by atoms with Gasteiger partial charge in [0.25, 0.3) is 0 Å². The number of guanidine groups is 1. The van der Waals surface area contributed by atoms with Crippen LogP contribution in [-0.2, 0) is 26.1 Å². The molecule has 0 unspecified atom stereocenters. The van der Waals surface area contributed by atoms with Crippen LogP contribution in [0.15, 0.2) is 29.3 Å². The zero-order valence-corrected chi connectivity index (χ0v) is 15.5. The molecule has 1 aliphatic rings. The summed E-state index contributed by atoms with van der Waals surface area (Å²) in [5.41, 5.74) is 2.56. The molecule has 1 aliphatic heterocycles. The van der Waals surface area contributed by atoms with Gasteiger partial charge < -0.3 is 14.8 Å². The van der Waals surface area contributed by atoms with Crippen molar-refractivity contribution in [1.29, 1.82) is 0 Å². The number of benzene rings is 1. The summed E-state index contributed by atoms with van der Waals surface area (Å²) in [6, 6.07) is 8.64. The average molecular weight is 340 g/mol. The Hall–Kier alpha value is -2.37. The first-order valence-electron chi connectivity index (χ1n) is 9.13. The Morgan fingerprint density at radius 1 is 1.24 bits per heavy atom. The standard InChI is InChI=1S/C19H28N6/c1-4-20-19(24(3)14-16-10-8-15(2)9-11-16)21-13-18-23-22-17-7-5-6-12-25(17)18/h8-11H,4-7,12-14H2,1-3H3,(H,20,21). The summed E-state index contributed by atoms with van der Waals surface area (Å²) >= 11 is 0. The first-order valence-corrected chi connectivity index (χ1v) is 9.13. The quantitative estimate of drug-likeness (QED) is 0.671. The van der Waals surface area contributed by atoms with Crippen molar-refractivity contribution in [2.45, 2.75) is 52.7 Å². The van der Waals surface area contributed by atoms with Gasteiger partial charge in [0.05, 0.1) is 0 Å². The Labute approximate surface area is 150 Å². The van der Waals surface area contributed by atoms with E-state index in [0.29, 0.717) is 6.54 Å². The molecule has 3 rings (SSSR count). The van der Waals surface area contributed by atoms with Gasteiger partial charge in [0.1, 0.15) is 12.4 Å². The lowest BCUT2D eigenvalue weighted by atomic mass is 10.1. The number of hydrogen-bond acceptors (Lipinski definition) is 3. The van der Waals surface area contributed by atoms with Gasteiger partial charge in [-0.1, -0.05) is 29.8 Å². The predicted molar refractivity (Wildman–Crippen MR) is 100 cm³/mol. The minimum atomic E-state index is 0.563. The third-order valence-corrected chi connectivity index (χ3v) is 4.54. The molecule has 0 saturated heterocycles. The summed E-state index contributed by atoms with van der Waals surface area (Å²) < 4.78 is 2.23. The first kappa shape index (κ1) is 17.5. The Kier molecular flexibility index (Phi) is 5.68. The highest BCUT2D eigenvalue weighted by Crippen LogP contribution is 2.15. The molecule has 6 nitrogen and oxygen atoms in total. The molecule has 1 N–H and O–H groups in total. The molecule has 1 aromatic carbocycles. The molecule has 134 valence electrons. The summed E-state index contributed by atoms with van der Waals surface area (Å²) in [7, 11) is 2.07. The van der Waals surface area contributed by atoms with Gasteiger partial charge in [-0.25, -0.2) is 4.99 Å². The van der Waals surface area contributed by atoms with E-state index in [1.54, 1.807) is 0 Å². The van der Waals surface area contributed by atoms with Gasteiger partial charge in [-0.2, -0.15) is 0 Å². The third-order valence-electron chi connectivity index (χ3n) is 4.54. The van der Waals surface area contributed by atoms with Crippen LogP contribution < -0.4 is 5.32 Å². The predicted octanol–water partition coefficient (Wildman–Crippen LogP) is 2.52.